The summed E-state index contributed by atoms with van der Waals surface area (Å²) >= 11 is 3.39. The zero-order valence-electron chi connectivity index (χ0n) is 12.6. The van der Waals surface area contributed by atoms with Gasteiger partial charge in [0.25, 0.3) is 5.91 Å². The molecule has 22 heavy (non-hydrogen) atoms. The second-order valence-electron chi connectivity index (χ2n) is 5.66. The molecule has 2 aromatic rings. The van der Waals surface area contributed by atoms with Crippen LogP contribution in [0.2, 0.25) is 0 Å². The summed E-state index contributed by atoms with van der Waals surface area (Å²) in [5, 5.41) is 2.99. The van der Waals surface area contributed by atoms with E-state index in [1.807, 2.05) is 37.3 Å². The second-order valence-corrected chi connectivity index (χ2v) is 6.57. The number of benzene rings is 2. The Morgan fingerprint density at radius 1 is 1.14 bits per heavy atom. The summed E-state index contributed by atoms with van der Waals surface area (Å²) in [6.45, 7) is 4.29. The number of carbonyl (C=O) groups excluding carboxylic acids is 1. The number of anilines is 2. The summed E-state index contributed by atoms with van der Waals surface area (Å²) in [5.41, 5.74) is 3.86. The van der Waals surface area contributed by atoms with Crippen molar-refractivity contribution in [3.8, 4) is 0 Å². The third kappa shape index (κ3) is 3.33. The minimum absolute atomic E-state index is 0.0849. The molecule has 0 unspecified atom stereocenters. The Hall–Kier alpha value is -1.81. The maximum Gasteiger partial charge on any atom is 0.255 e. The van der Waals surface area contributed by atoms with Crippen LogP contribution in [0.5, 0.6) is 0 Å². The number of hydrogen-bond donors (Lipinski definition) is 1. The maximum absolute atomic E-state index is 12.3. The minimum Gasteiger partial charge on any atom is -0.372 e. The largest absolute Gasteiger partial charge is 0.372 e. The lowest BCUT2D eigenvalue weighted by molar-refractivity contribution is 0.102. The summed E-state index contributed by atoms with van der Waals surface area (Å²) in [4.78, 5) is 14.7. The fourth-order valence-electron chi connectivity index (χ4n) is 2.78. The molecule has 1 saturated heterocycles. The van der Waals surface area contributed by atoms with Crippen LogP contribution in [0.15, 0.2) is 46.9 Å². The Labute approximate surface area is 139 Å². The van der Waals surface area contributed by atoms with Gasteiger partial charge in [-0.15, -0.1) is 0 Å². The zero-order chi connectivity index (χ0) is 15.5. The molecule has 1 aliphatic heterocycles. The van der Waals surface area contributed by atoms with Crippen LogP contribution in [-0.2, 0) is 0 Å². The number of halogens is 1. The number of carbonyl (C=O) groups is 1. The minimum atomic E-state index is -0.0849. The lowest BCUT2D eigenvalue weighted by atomic mass is 10.1. The van der Waals surface area contributed by atoms with E-state index < -0.39 is 0 Å². The standard InChI is InChI=1S/C18H19BrN2O/c1-13-11-16(21-9-2-3-10-21)7-8-17(13)20-18(22)14-5-4-6-15(19)12-14/h4-8,11-12H,2-3,9-10H2,1H3,(H,20,22). The predicted octanol–water partition coefficient (Wildman–Crippen LogP) is 4.61. The van der Waals surface area contributed by atoms with E-state index in [2.05, 4.69) is 38.3 Å². The van der Waals surface area contributed by atoms with Gasteiger partial charge >= 0.3 is 0 Å². The Kier molecular flexibility index (Phi) is 4.48. The molecule has 0 aromatic heterocycles. The summed E-state index contributed by atoms with van der Waals surface area (Å²) in [5.74, 6) is -0.0849. The topological polar surface area (TPSA) is 32.3 Å². The van der Waals surface area contributed by atoms with Crippen LogP contribution in [0.25, 0.3) is 0 Å². The van der Waals surface area contributed by atoms with Crippen LogP contribution in [-0.4, -0.2) is 19.0 Å². The van der Waals surface area contributed by atoms with Crippen molar-refractivity contribution in [1.29, 1.82) is 0 Å². The highest BCUT2D eigenvalue weighted by atomic mass is 79.9. The van der Waals surface area contributed by atoms with E-state index >= 15 is 0 Å². The fraction of sp³-hybridized carbons (Fsp3) is 0.278. The Bertz CT molecular complexity index is 693. The van der Waals surface area contributed by atoms with Gasteiger partial charge in [0.15, 0.2) is 0 Å². The predicted molar refractivity (Wildman–Crippen MR) is 94.7 cm³/mol. The molecule has 2 aromatic carbocycles. The van der Waals surface area contributed by atoms with Crippen molar-refractivity contribution in [3.63, 3.8) is 0 Å². The van der Waals surface area contributed by atoms with Gasteiger partial charge in [0.2, 0.25) is 0 Å². The number of amides is 1. The van der Waals surface area contributed by atoms with E-state index in [4.69, 9.17) is 0 Å². The van der Waals surface area contributed by atoms with E-state index in [1.165, 1.54) is 18.5 Å². The number of hydrogen-bond acceptors (Lipinski definition) is 2. The van der Waals surface area contributed by atoms with Gasteiger partial charge in [0, 0.05) is 34.5 Å². The van der Waals surface area contributed by atoms with Crippen LogP contribution >= 0.6 is 15.9 Å². The van der Waals surface area contributed by atoms with E-state index in [9.17, 15) is 4.79 Å². The molecule has 0 aliphatic carbocycles. The first kappa shape index (κ1) is 15.1. The lowest BCUT2D eigenvalue weighted by Crippen LogP contribution is -2.18. The SMILES string of the molecule is Cc1cc(N2CCCC2)ccc1NC(=O)c1cccc(Br)c1. The third-order valence-electron chi connectivity index (χ3n) is 4.02. The second kappa shape index (κ2) is 6.53. The van der Waals surface area contributed by atoms with Crippen LogP contribution in [0.1, 0.15) is 28.8 Å². The van der Waals surface area contributed by atoms with Crippen molar-refractivity contribution in [2.75, 3.05) is 23.3 Å². The number of nitrogens with zero attached hydrogens (tertiary/aromatic N) is 1. The molecular formula is C18H19BrN2O. The zero-order valence-corrected chi connectivity index (χ0v) is 14.2. The summed E-state index contributed by atoms with van der Waals surface area (Å²) in [7, 11) is 0. The summed E-state index contributed by atoms with van der Waals surface area (Å²) in [6, 6.07) is 13.7. The van der Waals surface area contributed by atoms with Crippen molar-refractivity contribution in [2.24, 2.45) is 0 Å². The average molecular weight is 359 g/mol. The van der Waals surface area contributed by atoms with Gasteiger partial charge < -0.3 is 10.2 Å². The van der Waals surface area contributed by atoms with Gasteiger partial charge in [-0.05, 0) is 61.7 Å². The average Bonchev–Trinajstić information content (AvgIpc) is 3.03. The first-order valence-corrected chi connectivity index (χ1v) is 8.35. The van der Waals surface area contributed by atoms with Gasteiger partial charge in [-0.2, -0.15) is 0 Å². The number of nitrogens with one attached hydrogen (secondary N) is 1. The molecule has 0 bridgehead atoms. The van der Waals surface area contributed by atoms with Crippen LogP contribution in [0.4, 0.5) is 11.4 Å². The molecule has 1 amide bonds. The van der Waals surface area contributed by atoms with E-state index in [0.717, 1.165) is 28.8 Å². The molecule has 0 spiro atoms. The van der Waals surface area contributed by atoms with Crippen molar-refractivity contribution >= 4 is 33.2 Å². The van der Waals surface area contributed by atoms with Gasteiger partial charge in [-0.1, -0.05) is 22.0 Å². The Morgan fingerprint density at radius 2 is 1.91 bits per heavy atom. The highest BCUT2D eigenvalue weighted by molar-refractivity contribution is 9.10. The highest BCUT2D eigenvalue weighted by Crippen LogP contribution is 2.26. The molecule has 0 radical (unpaired) electrons. The van der Waals surface area contributed by atoms with E-state index in [-0.39, 0.29) is 5.91 Å². The lowest BCUT2D eigenvalue weighted by Gasteiger charge is -2.19. The van der Waals surface area contributed by atoms with Gasteiger partial charge in [0.05, 0.1) is 0 Å². The summed E-state index contributed by atoms with van der Waals surface area (Å²) in [6.07, 6.45) is 2.53. The molecule has 0 atom stereocenters. The van der Waals surface area contributed by atoms with Gasteiger partial charge in [0.1, 0.15) is 0 Å². The molecule has 1 heterocycles. The Balaban J connectivity index is 1.76. The molecule has 3 rings (SSSR count). The quantitative estimate of drug-likeness (QED) is 0.868. The first-order chi connectivity index (χ1) is 10.6. The van der Waals surface area contributed by atoms with Crippen molar-refractivity contribution < 1.29 is 4.79 Å². The molecule has 114 valence electrons. The van der Waals surface area contributed by atoms with Crippen LogP contribution in [0, 0.1) is 6.92 Å². The molecule has 1 aliphatic rings. The summed E-state index contributed by atoms with van der Waals surface area (Å²) < 4.78 is 0.904. The molecule has 0 saturated carbocycles. The van der Waals surface area contributed by atoms with Crippen LogP contribution < -0.4 is 10.2 Å². The highest BCUT2D eigenvalue weighted by Gasteiger charge is 2.14. The van der Waals surface area contributed by atoms with Gasteiger partial charge in [-0.3, -0.25) is 4.79 Å². The normalized spacial score (nSPS) is 14.2. The molecule has 3 nitrogen and oxygen atoms in total. The molecule has 4 heteroatoms. The van der Waals surface area contributed by atoms with Crippen LogP contribution in [0.3, 0.4) is 0 Å². The molecule has 1 N–H and O–H groups in total. The smallest absolute Gasteiger partial charge is 0.255 e. The monoisotopic (exact) mass is 358 g/mol. The van der Waals surface area contributed by atoms with E-state index in [1.54, 1.807) is 0 Å². The number of aryl methyl sites for hydroxylation is 1. The van der Waals surface area contributed by atoms with Crippen molar-refractivity contribution in [1.82, 2.24) is 0 Å². The van der Waals surface area contributed by atoms with Crippen molar-refractivity contribution in [2.45, 2.75) is 19.8 Å². The van der Waals surface area contributed by atoms with E-state index in [0.29, 0.717) is 5.56 Å². The Morgan fingerprint density at radius 3 is 2.59 bits per heavy atom. The van der Waals surface area contributed by atoms with Gasteiger partial charge in [-0.25, -0.2) is 0 Å². The van der Waals surface area contributed by atoms with Crippen molar-refractivity contribution in [3.05, 3.63) is 58.1 Å². The third-order valence-corrected chi connectivity index (χ3v) is 4.51. The fourth-order valence-corrected chi connectivity index (χ4v) is 3.18. The maximum atomic E-state index is 12.3. The number of rotatable bonds is 3. The molecular weight excluding hydrogens is 340 g/mol. The first-order valence-electron chi connectivity index (χ1n) is 7.56. The molecule has 1 fully saturated rings.